The molecule has 2 amide bonds. The average Bonchev–Trinajstić information content (AvgIpc) is 2.96. The highest BCUT2D eigenvalue weighted by atomic mass is 35.5. The zero-order chi connectivity index (χ0) is 21.3. The maximum atomic E-state index is 13.4. The minimum absolute atomic E-state index is 0.361. The second kappa shape index (κ2) is 8.68. The largest absolute Gasteiger partial charge is 0.272 e. The number of rotatable bonds is 5. The Kier molecular flexibility index (Phi) is 6.00. The smallest absolute Gasteiger partial charge is 0.268 e. The van der Waals surface area contributed by atoms with Crippen molar-refractivity contribution in [3.63, 3.8) is 0 Å². The highest BCUT2D eigenvalue weighted by molar-refractivity contribution is 8.03. The summed E-state index contributed by atoms with van der Waals surface area (Å²) in [7, 11) is 0. The molecular formula is C24H17Cl2NO2S. The molecule has 0 bridgehead atoms. The molecule has 0 aromatic heterocycles. The number of amides is 2. The van der Waals surface area contributed by atoms with Gasteiger partial charge in [-0.1, -0.05) is 83.4 Å². The van der Waals surface area contributed by atoms with Crippen molar-refractivity contribution in [3.8, 4) is 0 Å². The SMILES string of the molecule is Cc1ccc(C2=C(SCc3ccccc3)C(=O)N(c3cc(Cl)cc(Cl)c3)C2=O)cc1. The summed E-state index contributed by atoms with van der Waals surface area (Å²) in [5, 5.41) is 0.723. The molecule has 150 valence electrons. The molecule has 3 aromatic rings. The molecule has 3 aromatic carbocycles. The molecule has 1 aliphatic heterocycles. The van der Waals surface area contributed by atoms with Gasteiger partial charge in [0.1, 0.15) is 0 Å². The summed E-state index contributed by atoms with van der Waals surface area (Å²) in [6.07, 6.45) is 0. The van der Waals surface area contributed by atoms with Crippen LogP contribution in [0.3, 0.4) is 0 Å². The number of carbonyl (C=O) groups is 2. The average molecular weight is 454 g/mol. The van der Waals surface area contributed by atoms with Gasteiger partial charge in [0.2, 0.25) is 0 Å². The van der Waals surface area contributed by atoms with E-state index in [0.717, 1.165) is 16.0 Å². The fourth-order valence-corrected chi connectivity index (χ4v) is 4.83. The van der Waals surface area contributed by atoms with Gasteiger partial charge in [0.05, 0.1) is 16.2 Å². The van der Waals surface area contributed by atoms with Gasteiger partial charge in [0, 0.05) is 15.8 Å². The molecule has 0 fully saturated rings. The molecule has 0 saturated carbocycles. The van der Waals surface area contributed by atoms with Gasteiger partial charge in [0.15, 0.2) is 0 Å². The van der Waals surface area contributed by atoms with E-state index in [1.807, 2.05) is 61.5 Å². The van der Waals surface area contributed by atoms with E-state index in [1.54, 1.807) is 18.2 Å². The Morgan fingerprint density at radius 1 is 0.833 bits per heavy atom. The number of thioether (sulfide) groups is 1. The Hall–Kier alpha value is -2.53. The van der Waals surface area contributed by atoms with E-state index in [4.69, 9.17) is 23.2 Å². The van der Waals surface area contributed by atoms with Crippen molar-refractivity contribution in [1.29, 1.82) is 0 Å². The highest BCUT2D eigenvalue weighted by Gasteiger charge is 2.40. The Balaban J connectivity index is 1.76. The summed E-state index contributed by atoms with van der Waals surface area (Å²) in [4.78, 5) is 28.3. The minimum atomic E-state index is -0.377. The van der Waals surface area contributed by atoms with Crippen LogP contribution in [0, 0.1) is 6.92 Å². The summed E-state index contributed by atoms with van der Waals surface area (Å²) >= 11 is 13.6. The zero-order valence-electron chi connectivity index (χ0n) is 16.1. The number of anilines is 1. The lowest BCUT2D eigenvalue weighted by Crippen LogP contribution is -2.31. The summed E-state index contributed by atoms with van der Waals surface area (Å²) in [6.45, 7) is 1.98. The molecule has 1 heterocycles. The van der Waals surface area contributed by atoms with E-state index in [9.17, 15) is 9.59 Å². The Labute approximate surface area is 189 Å². The number of hydrogen-bond acceptors (Lipinski definition) is 3. The summed E-state index contributed by atoms with van der Waals surface area (Å²) < 4.78 is 0. The molecule has 0 saturated heterocycles. The lowest BCUT2D eigenvalue weighted by atomic mass is 10.0. The van der Waals surface area contributed by atoms with Gasteiger partial charge in [-0.2, -0.15) is 0 Å². The van der Waals surface area contributed by atoms with Gasteiger partial charge < -0.3 is 0 Å². The van der Waals surface area contributed by atoms with Gasteiger partial charge in [-0.25, -0.2) is 4.90 Å². The maximum Gasteiger partial charge on any atom is 0.272 e. The number of carbonyl (C=O) groups excluding carboxylic acids is 2. The van der Waals surface area contributed by atoms with Crippen molar-refractivity contribution in [2.24, 2.45) is 0 Å². The van der Waals surface area contributed by atoms with Crippen molar-refractivity contribution in [3.05, 3.63) is 104 Å². The molecule has 0 radical (unpaired) electrons. The maximum absolute atomic E-state index is 13.4. The molecule has 6 heteroatoms. The number of hydrogen-bond donors (Lipinski definition) is 0. The van der Waals surface area contributed by atoms with E-state index >= 15 is 0 Å². The van der Waals surface area contributed by atoms with Crippen molar-refractivity contribution in [1.82, 2.24) is 0 Å². The standard InChI is InChI=1S/C24H17Cl2NO2S/c1-15-7-9-17(10-8-15)21-22(30-14-16-5-3-2-4-6-16)24(29)27(23(21)28)20-12-18(25)11-19(26)13-20/h2-13H,14H2,1H3. The Morgan fingerprint density at radius 2 is 1.47 bits per heavy atom. The molecule has 0 aliphatic carbocycles. The zero-order valence-corrected chi connectivity index (χ0v) is 18.4. The van der Waals surface area contributed by atoms with Gasteiger partial charge in [0.25, 0.3) is 11.8 Å². The molecule has 3 nitrogen and oxygen atoms in total. The van der Waals surface area contributed by atoms with Crippen molar-refractivity contribution < 1.29 is 9.59 Å². The first-order valence-corrected chi connectivity index (χ1v) is 11.0. The molecule has 0 spiro atoms. The molecular weight excluding hydrogens is 437 g/mol. The monoisotopic (exact) mass is 453 g/mol. The van der Waals surface area contributed by atoms with Crippen molar-refractivity contribution in [2.45, 2.75) is 12.7 Å². The van der Waals surface area contributed by atoms with Crippen LogP contribution >= 0.6 is 35.0 Å². The Morgan fingerprint density at radius 3 is 2.10 bits per heavy atom. The third kappa shape index (κ3) is 4.17. The quantitative estimate of drug-likeness (QED) is 0.412. The Bertz CT molecular complexity index is 1140. The van der Waals surface area contributed by atoms with Crippen LogP contribution in [0.1, 0.15) is 16.7 Å². The molecule has 0 atom stereocenters. The fraction of sp³-hybridized carbons (Fsp3) is 0.0833. The first kappa shape index (κ1) is 20.7. The third-order valence-electron chi connectivity index (χ3n) is 4.71. The topological polar surface area (TPSA) is 37.4 Å². The molecule has 0 N–H and O–H groups in total. The molecule has 4 rings (SSSR count). The van der Waals surface area contributed by atoms with E-state index < -0.39 is 0 Å². The van der Waals surface area contributed by atoms with Crippen LogP contribution in [0.5, 0.6) is 0 Å². The van der Waals surface area contributed by atoms with Gasteiger partial charge in [-0.15, -0.1) is 11.8 Å². The van der Waals surface area contributed by atoms with Gasteiger partial charge in [-0.05, 0) is 36.2 Å². The third-order valence-corrected chi connectivity index (χ3v) is 6.29. The fourth-order valence-electron chi connectivity index (χ4n) is 3.25. The first-order chi connectivity index (χ1) is 14.4. The van der Waals surface area contributed by atoms with E-state index in [1.165, 1.54) is 11.8 Å². The van der Waals surface area contributed by atoms with Crippen LogP contribution in [-0.4, -0.2) is 11.8 Å². The van der Waals surface area contributed by atoms with Crippen molar-refractivity contribution >= 4 is 58.0 Å². The minimum Gasteiger partial charge on any atom is -0.268 e. The van der Waals surface area contributed by atoms with E-state index in [-0.39, 0.29) is 11.8 Å². The van der Waals surface area contributed by atoms with Crippen LogP contribution in [0.2, 0.25) is 10.0 Å². The van der Waals surface area contributed by atoms with E-state index in [0.29, 0.717) is 37.5 Å². The van der Waals surface area contributed by atoms with Crippen LogP contribution < -0.4 is 4.90 Å². The lowest BCUT2D eigenvalue weighted by molar-refractivity contribution is -0.119. The number of aryl methyl sites for hydroxylation is 1. The molecule has 0 unspecified atom stereocenters. The van der Waals surface area contributed by atoms with Crippen LogP contribution in [0.4, 0.5) is 5.69 Å². The second-order valence-electron chi connectivity index (χ2n) is 6.92. The van der Waals surface area contributed by atoms with Gasteiger partial charge >= 0.3 is 0 Å². The number of imide groups is 1. The summed E-state index contributed by atoms with van der Waals surface area (Å²) in [6, 6.07) is 22.1. The summed E-state index contributed by atoms with van der Waals surface area (Å²) in [5.74, 6) is -0.165. The molecule has 1 aliphatic rings. The van der Waals surface area contributed by atoms with Crippen LogP contribution in [-0.2, 0) is 15.3 Å². The highest BCUT2D eigenvalue weighted by Crippen LogP contribution is 2.40. The lowest BCUT2D eigenvalue weighted by Gasteiger charge is -2.16. The van der Waals surface area contributed by atoms with Crippen LogP contribution in [0.25, 0.3) is 5.57 Å². The second-order valence-corrected chi connectivity index (χ2v) is 8.78. The molecule has 30 heavy (non-hydrogen) atoms. The summed E-state index contributed by atoms with van der Waals surface area (Å²) in [5.41, 5.74) is 3.63. The van der Waals surface area contributed by atoms with Crippen molar-refractivity contribution in [2.75, 3.05) is 4.90 Å². The van der Waals surface area contributed by atoms with Crippen LogP contribution in [0.15, 0.2) is 77.7 Å². The predicted octanol–water partition coefficient (Wildman–Crippen LogP) is 6.52. The van der Waals surface area contributed by atoms with E-state index in [2.05, 4.69) is 0 Å². The first-order valence-electron chi connectivity index (χ1n) is 9.27. The number of nitrogens with zero attached hydrogens (tertiary/aromatic N) is 1. The van der Waals surface area contributed by atoms with Gasteiger partial charge in [-0.3, -0.25) is 9.59 Å². The number of benzene rings is 3. The predicted molar refractivity (Wildman–Crippen MR) is 125 cm³/mol. The number of halogens is 2. The normalized spacial score (nSPS) is 14.0.